The van der Waals surface area contributed by atoms with Crippen LogP contribution in [0.15, 0.2) is 22.7 Å². The number of rotatable bonds is 5. The maximum Gasteiger partial charge on any atom is 0.0471 e. The summed E-state index contributed by atoms with van der Waals surface area (Å²) in [6.45, 7) is 5.03. The number of aliphatic hydroxyl groups excluding tert-OH is 1. The summed E-state index contributed by atoms with van der Waals surface area (Å²) in [5.41, 5.74) is 8.22. The minimum absolute atomic E-state index is 0.174. The van der Waals surface area contributed by atoms with Gasteiger partial charge < -0.3 is 10.8 Å². The van der Waals surface area contributed by atoms with Gasteiger partial charge in [0.1, 0.15) is 0 Å². The number of aliphatic hydroxyl groups is 1. The SMILES string of the molecule is Cc1c(Br)cccc1C(C)CC(CN)CO. The second-order valence-corrected chi connectivity index (χ2v) is 5.23. The lowest BCUT2D eigenvalue weighted by molar-refractivity contribution is 0.217. The molecule has 0 aliphatic heterocycles. The van der Waals surface area contributed by atoms with Crippen molar-refractivity contribution in [3.05, 3.63) is 33.8 Å². The third-order valence-electron chi connectivity index (χ3n) is 3.12. The van der Waals surface area contributed by atoms with Gasteiger partial charge in [-0.15, -0.1) is 0 Å². The normalized spacial score (nSPS) is 14.8. The summed E-state index contributed by atoms with van der Waals surface area (Å²) in [7, 11) is 0. The Morgan fingerprint density at radius 2 is 2.12 bits per heavy atom. The molecule has 0 aliphatic rings. The Morgan fingerprint density at radius 3 is 2.69 bits per heavy atom. The van der Waals surface area contributed by atoms with Gasteiger partial charge in [0.25, 0.3) is 0 Å². The topological polar surface area (TPSA) is 46.2 Å². The van der Waals surface area contributed by atoms with Gasteiger partial charge in [-0.3, -0.25) is 0 Å². The maximum atomic E-state index is 9.16. The minimum Gasteiger partial charge on any atom is -0.396 e. The molecule has 0 saturated carbocycles. The van der Waals surface area contributed by atoms with Crippen molar-refractivity contribution in [2.45, 2.75) is 26.2 Å². The van der Waals surface area contributed by atoms with Gasteiger partial charge in [0.15, 0.2) is 0 Å². The molecule has 1 rings (SSSR count). The average molecular weight is 286 g/mol. The van der Waals surface area contributed by atoms with Gasteiger partial charge in [-0.1, -0.05) is 35.0 Å². The van der Waals surface area contributed by atoms with E-state index in [-0.39, 0.29) is 12.5 Å². The zero-order valence-electron chi connectivity index (χ0n) is 9.91. The van der Waals surface area contributed by atoms with Crippen LogP contribution in [0.4, 0.5) is 0 Å². The molecular formula is C13H20BrNO. The molecule has 2 nitrogen and oxygen atoms in total. The zero-order valence-corrected chi connectivity index (χ0v) is 11.5. The molecule has 2 atom stereocenters. The van der Waals surface area contributed by atoms with Crippen LogP contribution in [0.1, 0.15) is 30.4 Å². The monoisotopic (exact) mass is 285 g/mol. The van der Waals surface area contributed by atoms with E-state index in [1.807, 2.05) is 0 Å². The largest absolute Gasteiger partial charge is 0.396 e. The van der Waals surface area contributed by atoms with Gasteiger partial charge in [0.05, 0.1) is 0 Å². The molecule has 3 heteroatoms. The van der Waals surface area contributed by atoms with Crippen LogP contribution < -0.4 is 5.73 Å². The van der Waals surface area contributed by atoms with Crippen LogP contribution in [0.5, 0.6) is 0 Å². The molecule has 3 N–H and O–H groups in total. The Morgan fingerprint density at radius 1 is 1.44 bits per heavy atom. The molecule has 90 valence electrons. The predicted octanol–water partition coefficient (Wildman–Crippen LogP) is 2.82. The Bertz CT molecular complexity index is 337. The lowest BCUT2D eigenvalue weighted by Gasteiger charge is -2.20. The quantitative estimate of drug-likeness (QED) is 0.874. The molecule has 0 aromatic heterocycles. The van der Waals surface area contributed by atoms with E-state index in [0.717, 1.165) is 10.9 Å². The molecule has 0 heterocycles. The van der Waals surface area contributed by atoms with Crippen LogP contribution in [0.2, 0.25) is 0 Å². The third kappa shape index (κ3) is 3.30. The fourth-order valence-electron chi connectivity index (χ4n) is 2.03. The smallest absolute Gasteiger partial charge is 0.0471 e. The van der Waals surface area contributed by atoms with Crippen molar-refractivity contribution < 1.29 is 5.11 Å². The van der Waals surface area contributed by atoms with Gasteiger partial charge in [-0.05, 0) is 48.9 Å². The van der Waals surface area contributed by atoms with Gasteiger partial charge in [-0.2, -0.15) is 0 Å². The molecule has 0 bridgehead atoms. The first-order valence-corrected chi connectivity index (χ1v) is 6.45. The number of nitrogens with two attached hydrogens (primary N) is 1. The molecule has 0 radical (unpaired) electrons. The Kier molecular flexibility index (Phi) is 5.46. The number of halogens is 1. The van der Waals surface area contributed by atoms with Crippen molar-refractivity contribution in [1.29, 1.82) is 0 Å². The van der Waals surface area contributed by atoms with Crippen molar-refractivity contribution in [2.24, 2.45) is 11.7 Å². The van der Waals surface area contributed by atoms with E-state index in [4.69, 9.17) is 10.8 Å². The third-order valence-corrected chi connectivity index (χ3v) is 3.98. The number of hydrogen-bond donors (Lipinski definition) is 2. The molecule has 0 fully saturated rings. The van der Waals surface area contributed by atoms with Crippen LogP contribution >= 0.6 is 15.9 Å². The predicted molar refractivity (Wildman–Crippen MR) is 71.5 cm³/mol. The lowest BCUT2D eigenvalue weighted by atomic mass is 9.88. The molecule has 16 heavy (non-hydrogen) atoms. The molecule has 1 aromatic carbocycles. The Balaban J connectivity index is 2.80. The molecule has 1 aromatic rings. The summed E-state index contributed by atoms with van der Waals surface area (Å²) >= 11 is 3.54. The number of benzene rings is 1. The Hall–Kier alpha value is -0.380. The summed E-state index contributed by atoms with van der Waals surface area (Å²) in [5.74, 6) is 0.631. The molecule has 0 spiro atoms. The highest BCUT2D eigenvalue weighted by atomic mass is 79.9. The average Bonchev–Trinajstić information content (AvgIpc) is 2.29. The van der Waals surface area contributed by atoms with E-state index < -0.39 is 0 Å². The van der Waals surface area contributed by atoms with E-state index in [1.165, 1.54) is 11.1 Å². The molecule has 0 aliphatic carbocycles. The van der Waals surface area contributed by atoms with Gasteiger partial charge in [0, 0.05) is 11.1 Å². The lowest BCUT2D eigenvalue weighted by Crippen LogP contribution is -2.20. The van der Waals surface area contributed by atoms with Crippen LogP contribution in [0.25, 0.3) is 0 Å². The minimum atomic E-state index is 0.174. The second-order valence-electron chi connectivity index (χ2n) is 4.38. The maximum absolute atomic E-state index is 9.16. The van der Waals surface area contributed by atoms with E-state index in [9.17, 15) is 0 Å². The van der Waals surface area contributed by atoms with Gasteiger partial charge >= 0.3 is 0 Å². The fraction of sp³-hybridized carbons (Fsp3) is 0.538. The first kappa shape index (κ1) is 13.7. The summed E-state index contributed by atoms with van der Waals surface area (Å²) in [6, 6.07) is 6.26. The summed E-state index contributed by atoms with van der Waals surface area (Å²) < 4.78 is 1.14. The fourth-order valence-corrected chi connectivity index (χ4v) is 2.41. The summed E-state index contributed by atoms with van der Waals surface area (Å²) in [6.07, 6.45) is 0.935. The van der Waals surface area contributed by atoms with E-state index >= 15 is 0 Å². The van der Waals surface area contributed by atoms with Crippen molar-refractivity contribution in [3.8, 4) is 0 Å². The van der Waals surface area contributed by atoms with E-state index in [1.54, 1.807) is 0 Å². The highest BCUT2D eigenvalue weighted by molar-refractivity contribution is 9.10. The summed E-state index contributed by atoms with van der Waals surface area (Å²) in [5, 5.41) is 9.16. The van der Waals surface area contributed by atoms with E-state index in [2.05, 4.69) is 48.0 Å². The van der Waals surface area contributed by atoms with Gasteiger partial charge in [-0.25, -0.2) is 0 Å². The van der Waals surface area contributed by atoms with E-state index in [0.29, 0.717) is 12.5 Å². The zero-order chi connectivity index (χ0) is 12.1. The second kappa shape index (κ2) is 6.38. The first-order chi connectivity index (χ1) is 7.60. The van der Waals surface area contributed by atoms with Crippen molar-refractivity contribution in [2.75, 3.05) is 13.2 Å². The van der Waals surface area contributed by atoms with Gasteiger partial charge in [0.2, 0.25) is 0 Å². The molecule has 0 amide bonds. The highest BCUT2D eigenvalue weighted by Gasteiger charge is 2.15. The summed E-state index contributed by atoms with van der Waals surface area (Å²) in [4.78, 5) is 0. The highest BCUT2D eigenvalue weighted by Crippen LogP contribution is 2.29. The van der Waals surface area contributed by atoms with Crippen molar-refractivity contribution >= 4 is 15.9 Å². The van der Waals surface area contributed by atoms with Crippen LogP contribution in [0, 0.1) is 12.8 Å². The van der Waals surface area contributed by atoms with Crippen molar-refractivity contribution in [3.63, 3.8) is 0 Å². The molecular weight excluding hydrogens is 266 g/mol. The Labute approximate surface area is 106 Å². The first-order valence-electron chi connectivity index (χ1n) is 5.66. The number of hydrogen-bond acceptors (Lipinski definition) is 2. The van der Waals surface area contributed by atoms with Crippen LogP contribution in [-0.2, 0) is 0 Å². The van der Waals surface area contributed by atoms with Crippen molar-refractivity contribution in [1.82, 2.24) is 0 Å². The van der Waals surface area contributed by atoms with Crippen LogP contribution in [0.3, 0.4) is 0 Å². The standard InChI is InChI=1S/C13H20BrNO/c1-9(6-11(7-15)8-16)12-4-3-5-13(14)10(12)2/h3-5,9,11,16H,6-8,15H2,1-2H3. The molecule has 2 unspecified atom stereocenters. The molecule has 0 saturated heterocycles. The van der Waals surface area contributed by atoms with Crippen LogP contribution in [-0.4, -0.2) is 18.3 Å².